The van der Waals surface area contributed by atoms with Crippen LogP contribution in [-0.2, 0) is 0 Å². The van der Waals surface area contributed by atoms with E-state index in [-0.39, 0.29) is 28.2 Å². The minimum absolute atomic E-state index is 0.124. The lowest BCUT2D eigenvalue weighted by Gasteiger charge is -2.38. The molecule has 1 aromatic rings. The number of benzene rings is 1. The zero-order valence-corrected chi connectivity index (χ0v) is 11.9. The van der Waals surface area contributed by atoms with Crippen LogP contribution >= 0.6 is 11.6 Å². The van der Waals surface area contributed by atoms with Gasteiger partial charge in [0, 0.05) is 31.8 Å². The highest BCUT2D eigenvalue weighted by atomic mass is 35.5. The average molecular weight is 298 g/mol. The second kappa shape index (κ2) is 6.19. The molecule has 6 nitrogen and oxygen atoms in total. The van der Waals surface area contributed by atoms with E-state index in [1.165, 1.54) is 18.2 Å². The number of hydrogen-bond acceptors (Lipinski definition) is 4. The van der Waals surface area contributed by atoms with Crippen molar-refractivity contribution in [2.45, 2.75) is 19.4 Å². The van der Waals surface area contributed by atoms with Crippen molar-refractivity contribution >= 4 is 23.2 Å². The van der Waals surface area contributed by atoms with Crippen LogP contribution < -0.4 is 5.32 Å². The second-order valence-electron chi connectivity index (χ2n) is 4.73. The third-order valence-electron chi connectivity index (χ3n) is 3.32. The molecular weight excluding hydrogens is 282 g/mol. The lowest BCUT2D eigenvalue weighted by Crippen LogP contribution is -2.59. The van der Waals surface area contributed by atoms with Gasteiger partial charge in [0.05, 0.1) is 21.6 Å². The summed E-state index contributed by atoms with van der Waals surface area (Å²) in [6.07, 6.45) is 0.828. The van der Waals surface area contributed by atoms with E-state index in [9.17, 15) is 14.9 Å². The standard InChI is InChI=1S/C13H16ClN3O3/c1-2-5-16(10-7-15-8-10)13(18)11-6-9(17(19)20)3-4-12(11)14/h3-4,6,10,15H,2,5,7-8H2,1H3. The van der Waals surface area contributed by atoms with Crippen LogP contribution in [0.1, 0.15) is 23.7 Å². The molecule has 0 aliphatic carbocycles. The molecular formula is C13H16ClN3O3. The lowest BCUT2D eigenvalue weighted by molar-refractivity contribution is -0.384. The van der Waals surface area contributed by atoms with Gasteiger partial charge >= 0.3 is 0 Å². The maximum absolute atomic E-state index is 12.6. The molecule has 1 aliphatic heterocycles. The van der Waals surface area contributed by atoms with E-state index in [2.05, 4.69) is 5.32 Å². The summed E-state index contributed by atoms with van der Waals surface area (Å²) in [5.41, 5.74) is 0.0714. The van der Waals surface area contributed by atoms with Gasteiger partial charge in [0.1, 0.15) is 0 Å². The molecule has 108 valence electrons. The number of halogens is 1. The molecule has 1 heterocycles. The fourth-order valence-electron chi connectivity index (χ4n) is 2.13. The Balaban J connectivity index is 2.30. The summed E-state index contributed by atoms with van der Waals surface area (Å²) < 4.78 is 0. The molecule has 1 aliphatic rings. The maximum Gasteiger partial charge on any atom is 0.270 e. The van der Waals surface area contributed by atoms with Crippen molar-refractivity contribution in [2.24, 2.45) is 0 Å². The molecule has 0 bridgehead atoms. The molecule has 0 atom stereocenters. The van der Waals surface area contributed by atoms with E-state index in [1.807, 2.05) is 6.92 Å². The van der Waals surface area contributed by atoms with Gasteiger partial charge in [0.25, 0.3) is 11.6 Å². The van der Waals surface area contributed by atoms with Gasteiger partial charge < -0.3 is 10.2 Å². The minimum Gasteiger partial charge on any atom is -0.333 e. The SMILES string of the molecule is CCCN(C(=O)c1cc([N+](=O)[O-])ccc1Cl)C1CNC1. The average Bonchev–Trinajstić information content (AvgIpc) is 2.35. The number of non-ortho nitro benzene ring substituents is 1. The van der Waals surface area contributed by atoms with Crippen LogP contribution in [0.3, 0.4) is 0 Å². The van der Waals surface area contributed by atoms with Gasteiger partial charge in [-0.05, 0) is 12.5 Å². The number of rotatable bonds is 5. The molecule has 1 amide bonds. The third-order valence-corrected chi connectivity index (χ3v) is 3.65. The fraction of sp³-hybridized carbons (Fsp3) is 0.462. The Kier molecular flexibility index (Phi) is 4.57. The first-order valence-corrected chi connectivity index (χ1v) is 6.88. The smallest absolute Gasteiger partial charge is 0.270 e. The highest BCUT2D eigenvalue weighted by Gasteiger charge is 2.30. The van der Waals surface area contributed by atoms with Crippen LogP contribution in [0.4, 0.5) is 5.69 Å². The van der Waals surface area contributed by atoms with E-state index in [4.69, 9.17) is 11.6 Å². The zero-order valence-electron chi connectivity index (χ0n) is 11.1. The van der Waals surface area contributed by atoms with E-state index in [0.717, 1.165) is 19.5 Å². The predicted octanol–water partition coefficient (Wildman–Crippen LogP) is 2.07. The van der Waals surface area contributed by atoms with Crippen molar-refractivity contribution in [1.29, 1.82) is 0 Å². The Hall–Kier alpha value is -1.66. The molecule has 0 unspecified atom stereocenters. The normalized spacial score (nSPS) is 14.7. The number of hydrogen-bond donors (Lipinski definition) is 1. The largest absolute Gasteiger partial charge is 0.333 e. The van der Waals surface area contributed by atoms with Gasteiger partial charge in [0.15, 0.2) is 0 Å². The number of carbonyl (C=O) groups is 1. The van der Waals surface area contributed by atoms with E-state index >= 15 is 0 Å². The van der Waals surface area contributed by atoms with Gasteiger partial charge in [-0.25, -0.2) is 0 Å². The van der Waals surface area contributed by atoms with Gasteiger partial charge in [-0.2, -0.15) is 0 Å². The second-order valence-corrected chi connectivity index (χ2v) is 5.14. The lowest BCUT2D eigenvalue weighted by atomic mass is 10.1. The Labute approximate surface area is 121 Å². The first-order chi connectivity index (χ1) is 9.54. The van der Waals surface area contributed by atoms with E-state index < -0.39 is 4.92 Å². The number of amides is 1. The van der Waals surface area contributed by atoms with Crippen LogP contribution in [0.2, 0.25) is 5.02 Å². The van der Waals surface area contributed by atoms with Crippen molar-refractivity contribution < 1.29 is 9.72 Å². The Morgan fingerprint density at radius 2 is 2.25 bits per heavy atom. The summed E-state index contributed by atoms with van der Waals surface area (Å²) in [5.74, 6) is -0.243. The van der Waals surface area contributed by atoms with Gasteiger partial charge in [-0.3, -0.25) is 14.9 Å². The number of nitrogens with zero attached hydrogens (tertiary/aromatic N) is 2. The highest BCUT2D eigenvalue weighted by molar-refractivity contribution is 6.33. The monoisotopic (exact) mass is 297 g/mol. The van der Waals surface area contributed by atoms with Crippen LogP contribution in [0, 0.1) is 10.1 Å². The summed E-state index contributed by atoms with van der Waals surface area (Å²) in [5, 5.41) is 14.2. The number of carbonyl (C=O) groups excluding carboxylic acids is 1. The topological polar surface area (TPSA) is 75.5 Å². The van der Waals surface area contributed by atoms with Crippen molar-refractivity contribution in [1.82, 2.24) is 10.2 Å². The molecule has 20 heavy (non-hydrogen) atoms. The molecule has 0 saturated carbocycles. The first kappa shape index (κ1) is 14.7. The van der Waals surface area contributed by atoms with Crippen LogP contribution in [0.25, 0.3) is 0 Å². The first-order valence-electron chi connectivity index (χ1n) is 6.50. The van der Waals surface area contributed by atoms with Crippen molar-refractivity contribution in [3.05, 3.63) is 38.9 Å². The zero-order chi connectivity index (χ0) is 14.7. The van der Waals surface area contributed by atoms with Gasteiger partial charge in [-0.1, -0.05) is 18.5 Å². The van der Waals surface area contributed by atoms with Crippen LogP contribution in [0.5, 0.6) is 0 Å². The molecule has 1 saturated heterocycles. The molecule has 0 radical (unpaired) electrons. The summed E-state index contributed by atoms with van der Waals surface area (Å²) in [6.45, 7) is 4.10. The van der Waals surface area contributed by atoms with Gasteiger partial charge in [-0.15, -0.1) is 0 Å². The predicted molar refractivity (Wildman–Crippen MR) is 76.1 cm³/mol. The fourth-order valence-corrected chi connectivity index (χ4v) is 2.33. The summed E-state index contributed by atoms with van der Waals surface area (Å²) in [4.78, 5) is 24.6. The summed E-state index contributed by atoms with van der Waals surface area (Å²) in [7, 11) is 0. The van der Waals surface area contributed by atoms with Crippen molar-refractivity contribution in [2.75, 3.05) is 19.6 Å². The molecule has 2 rings (SSSR count). The van der Waals surface area contributed by atoms with Crippen LogP contribution in [0.15, 0.2) is 18.2 Å². The Bertz CT molecular complexity index is 532. The Morgan fingerprint density at radius 3 is 2.75 bits per heavy atom. The quantitative estimate of drug-likeness (QED) is 0.667. The molecule has 7 heteroatoms. The van der Waals surface area contributed by atoms with Crippen LogP contribution in [-0.4, -0.2) is 41.4 Å². The molecule has 1 N–H and O–H groups in total. The molecule has 1 fully saturated rings. The molecule has 1 aromatic carbocycles. The third kappa shape index (κ3) is 2.91. The van der Waals surface area contributed by atoms with Crippen molar-refractivity contribution in [3.8, 4) is 0 Å². The molecule has 0 aromatic heterocycles. The van der Waals surface area contributed by atoms with E-state index in [0.29, 0.717) is 6.54 Å². The number of nitrogens with one attached hydrogen (secondary N) is 1. The summed E-state index contributed by atoms with van der Waals surface area (Å²) in [6, 6.07) is 4.08. The number of nitro benzene ring substituents is 1. The molecule has 0 spiro atoms. The van der Waals surface area contributed by atoms with Gasteiger partial charge in [0.2, 0.25) is 0 Å². The van der Waals surface area contributed by atoms with Crippen molar-refractivity contribution in [3.63, 3.8) is 0 Å². The number of nitro groups is 1. The summed E-state index contributed by atoms with van der Waals surface area (Å²) >= 11 is 6.02. The maximum atomic E-state index is 12.6. The highest BCUT2D eigenvalue weighted by Crippen LogP contribution is 2.24. The Morgan fingerprint density at radius 1 is 1.55 bits per heavy atom. The van der Waals surface area contributed by atoms with E-state index in [1.54, 1.807) is 4.90 Å². The minimum atomic E-state index is -0.526.